The highest BCUT2D eigenvalue weighted by molar-refractivity contribution is 7.99. The smallest absolute Gasteiger partial charge is 0.123 e. The summed E-state index contributed by atoms with van der Waals surface area (Å²) in [5.74, 6) is 0. The Morgan fingerprint density at radius 2 is 2.05 bits per heavy atom. The SMILES string of the molecule is CCOCCn1c(C#N)cc(N)c1Sc1ccc(C)cc1. The number of nitrogens with zero attached hydrogens (tertiary/aromatic N) is 2. The second-order valence-corrected chi connectivity index (χ2v) is 5.73. The van der Waals surface area contributed by atoms with Crippen molar-refractivity contribution in [3.8, 4) is 6.07 Å². The molecule has 1 heterocycles. The molecule has 0 atom stereocenters. The highest BCUT2D eigenvalue weighted by atomic mass is 32.2. The van der Waals surface area contributed by atoms with E-state index in [0.29, 0.717) is 31.1 Å². The zero-order valence-electron chi connectivity index (χ0n) is 12.3. The Labute approximate surface area is 129 Å². The van der Waals surface area contributed by atoms with Gasteiger partial charge in [0.15, 0.2) is 0 Å². The first-order valence-corrected chi connectivity index (χ1v) is 7.68. The molecule has 0 radical (unpaired) electrons. The van der Waals surface area contributed by atoms with E-state index >= 15 is 0 Å². The molecule has 2 aromatic rings. The van der Waals surface area contributed by atoms with Gasteiger partial charge in [0.05, 0.1) is 12.3 Å². The van der Waals surface area contributed by atoms with Gasteiger partial charge in [0.2, 0.25) is 0 Å². The largest absolute Gasteiger partial charge is 0.397 e. The number of nitrogens with two attached hydrogens (primary N) is 1. The molecule has 0 saturated heterocycles. The fraction of sp³-hybridized carbons (Fsp3) is 0.312. The van der Waals surface area contributed by atoms with Crippen LogP contribution < -0.4 is 5.73 Å². The number of ether oxygens (including phenoxy) is 1. The predicted octanol–water partition coefficient (Wildman–Crippen LogP) is 3.44. The molecule has 0 unspecified atom stereocenters. The third-order valence-corrected chi connectivity index (χ3v) is 4.25. The van der Waals surface area contributed by atoms with Crippen LogP contribution in [-0.2, 0) is 11.3 Å². The van der Waals surface area contributed by atoms with Crippen LogP contribution in [0.15, 0.2) is 40.3 Å². The molecule has 0 amide bonds. The van der Waals surface area contributed by atoms with Gasteiger partial charge >= 0.3 is 0 Å². The molecule has 2 rings (SSSR count). The number of benzene rings is 1. The van der Waals surface area contributed by atoms with E-state index in [-0.39, 0.29) is 0 Å². The van der Waals surface area contributed by atoms with Gasteiger partial charge in [-0.25, -0.2) is 0 Å². The van der Waals surface area contributed by atoms with E-state index in [1.54, 1.807) is 17.8 Å². The second-order valence-electron chi connectivity index (χ2n) is 4.67. The van der Waals surface area contributed by atoms with Crippen LogP contribution in [0.3, 0.4) is 0 Å². The summed E-state index contributed by atoms with van der Waals surface area (Å²) < 4.78 is 7.31. The molecule has 0 spiro atoms. The van der Waals surface area contributed by atoms with Gasteiger partial charge in [-0.15, -0.1) is 0 Å². The lowest BCUT2D eigenvalue weighted by Crippen LogP contribution is -2.09. The Bertz CT molecular complexity index is 641. The molecule has 2 N–H and O–H groups in total. The van der Waals surface area contributed by atoms with E-state index in [1.807, 2.05) is 11.5 Å². The molecule has 0 saturated carbocycles. The lowest BCUT2D eigenvalue weighted by molar-refractivity contribution is 0.137. The Morgan fingerprint density at radius 3 is 2.67 bits per heavy atom. The summed E-state index contributed by atoms with van der Waals surface area (Å²) in [5.41, 5.74) is 8.49. The summed E-state index contributed by atoms with van der Waals surface area (Å²) in [7, 11) is 0. The summed E-state index contributed by atoms with van der Waals surface area (Å²) >= 11 is 1.58. The molecule has 0 bridgehead atoms. The van der Waals surface area contributed by atoms with Crippen molar-refractivity contribution in [1.82, 2.24) is 4.57 Å². The van der Waals surface area contributed by atoms with Crippen molar-refractivity contribution in [2.45, 2.75) is 30.3 Å². The van der Waals surface area contributed by atoms with Crippen LogP contribution in [-0.4, -0.2) is 17.8 Å². The number of nitrogen functional groups attached to an aromatic ring is 1. The van der Waals surface area contributed by atoms with Crippen molar-refractivity contribution < 1.29 is 4.74 Å². The minimum Gasteiger partial charge on any atom is -0.397 e. The Hall–Kier alpha value is -1.90. The number of hydrogen-bond acceptors (Lipinski definition) is 4. The lowest BCUT2D eigenvalue weighted by atomic mass is 10.2. The maximum atomic E-state index is 9.24. The van der Waals surface area contributed by atoms with Crippen LogP contribution >= 0.6 is 11.8 Å². The fourth-order valence-electron chi connectivity index (χ4n) is 2.00. The van der Waals surface area contributed by atoms with Gasteiger partial charge in [-0.2, -0.15) is 5.26 Å². The quantitative estimate of drug-likeness (QED) is 0.830. The summed E-state index contributed by atoms with van der Waals surface area (Å²) in [6.45, 7) is 5.88. The number of rotatable bonds is 6. The fourth-order valence-corrected chi connectivity index (χ4v) is 2.97. The van der Waals surface area contributed by atoms with Gasteiger partial charge < -0.3 is 15.0 Å². The maximum absolute atomic E-state index is 9.24. The average molecular weight is 301 g/mol. The van der Waals surface area contributed by atoms with E-state index in [0.717, 1.165) is 9.92 Å². The zero-order valence-corrected chi connectivity index (χ0v) is 13.1. The predicted molar refractivity (Wildman–Crippen MR) is 85.4 cm³/mol. The van der Waals surface area contributed by atoms with Gasteiger partial charge in [0.25, 0.3) is 0 Å². The molecule has 1 aromatic heterocycles. The normalized spacial score (nSPS) is 10.5. The maximum Gasteiger partial charge on any atom is 0.123 e. The van der Waals surface area contributed by atoms with Crippen LogP contribution in [0.2, 0.25) is 0 Å². The van der Waals surface area contributed by atoms with Gasteiger partial charge in [0, 0.05) is 18.0 Å². The monoisotopic (exact) mass is 301 g/mol. The van der Waals surface area contributed by atoms with E-state index < -0.39 is 0 Å². The first-order chi connectivity index (χ1) is 10.2. The van der Waals surface area contributed by atoms with Crippen LogP contribution in [0.5, 0.6) is 0 Å². The van der Waals surface area contributed by atoms with Crippen LogP contribution in [0, 0.1) is 18.3 Å². The standard InChI is InChI=1S/C16H19N3OS/c1-3-20-9-8-19-13(11-17)10-15(18)16(19)21-14-6-4-12(2)5-7-14/h4-7,10H,3,8-9,18H2,1-2H3. The van der Waals surface area contributed by atoms with E-state index in [9.17, 15) is 5.26 Å². The van der Waals surface area contributed by atoms with Crippen LogP contribution in [0.4, 0.5) is 5.69 Å². The zero-order chi connectivity index (χ0) is 15.2. The number of aromatic nitrogens is 1. The molecule has 4 nitrogen and oxygen atoms in total. The first kappa shape index (κ1) is 15.5. The van der Waals surface area contributed by atoms with Crippen molar-refractivity contribution in [1.29, 1.82) is 5.26 Å². The highest BCUT2D eigenvalue weighted by Gasteiger charge is 2.14. The summed E-state index contributed by atoms with van der Waals surface area (Å²) in [6, 6.07) is 12.2. The summed E-state index contributed by atoms with van der Waals surface area (Å²) in [6.07, 6.45) is 0. The van der Waals surface area contributed by atoms with Crippen LogP contribution in [0.25, 0.3) is 0 Å². The van der Waals surface area contributed by atoms with Crippen molar-refractivity contribution in [3.63, 3.8) is 0 Å². The number of aryl methyl sites for hydroxylation is 1. The molecule has 110 valence electrons. The minimum absolute atomic E-state index is 0.570. The molecule has 21 heavy (non-hydrogen) atoms. The topological polar surface area (TPSA) is 64.0 Å². The summed E-state index contributed by atoms with van der Waals surface area (Å²) in [4.78, 5) is 1.10. The van der Waals surface area contributed by atoms with Crippen molar-refractivity contribution in [2.24, 2.45) is 0 Å². The Morgan fingerprint density at radius 1 is 1.33 bits per heavy atom. The van der Waals surface area contributed by atoms with Crippen molar-refractivity contribution in [3.05, 3.63) is 41.6 Å². The minimum atomic E-state index is 0.570. The van der Waals surface area contributed by atoms with E-state index in [2.05, 4.69) is 37.3 Å². The number of anilines is 1. The van der Waals surface area contributed by atoms with E-state index in [1.165, 1.54) is 5.56 Å². The van der Waals surface area contributed by atoms with Crippen molar-refractivity contribution in [2.75, 3.05) is 18.9 Å². The van der Waals surface area contributed by atoms with Crippen molar-refractivity contribution >= 4 is 17.4 Å². The summed E-state index contributed by atoms with van der Waals surface area (Å²) in [5, 5.41) is 10.1. The van der Waals surface area contributed by atoms with Gasteiger partial charge in [-0.3, -0.25) is 0 Å². The molecule has 0 fully saturated rings. The average Bonchev–Trinajstić information content (AvgIpc) is 2.78. The van der Waals surface area contributed by atoms with Gasteiger partial charge in [-0.05, 0) is 32.0 Å². The number of hydrogen-bond donors (Lipinski definition) is 1. The third kappa shape index (κ3) is 3.81. The third-order valence-electron chi connectivity index (χ3n) is 3.09. The number of nitriles is 1. The van der Waals surface area contributed by atoms with Crippen LogP contribution in [0.1, 0.15) is 18.2 Å². The van der Waals surface area contributed by atoms with Gasteiger partial charge in [-0.1, -0.05) is 29.5 Å². The van der Waals surface area contributed by atoms with E-state index in [4.69, 9.17) is 10.5 Å². The highest BCUT2D eigenvalue weighted by Crippen LogP contribution is 2.34. The molecule has 5 heteroatoms. The molecule has 0 aliphatic heterocycles. The Kier molecular flexibility index (Phi) is 5.32. The lowest BCUT2D eigenvalue weighted by Gasteiger charge is -2.11. The molecular weight excluding hydrogens is 282 g/mol. The molecular formula is C16H19N3OS. The second kappa shape index (κ2) is 7.21. The molecule has 0 aliphatic carbocycles. The first-order valence-electron chi connectivity index (χ1n) is 6.87. The molecule has 0 aliphatic rings. The Balaban J connectivity index is 2.26. The molecule has 1 aromatic carbocycles. The van der Waals surface area contributed by atoms with Gasteiger partial charge in [0.1, 0.15) is 16.8 Å².